The highest BCUT2D eigenvalue weighted by Crippen LogP contribution is 2.05. The summed E-state index contributed by atoms with van der Waals surface area (Å²) in [4.78, 5) is 11.9. The second-order valence-electron chi connectivity index (χ2n) is 7.59. The molecule has 0 saturated carbocycles. The topological polar surface area (TPSA) is 90.9 Å². The number of methoxy groups -OCH3 is 2. The molecule has 9 heteroatoms. The summed E-state index contributed by atoms with van der Waals surface area (Å²) in [5, 5.41) is 0. The van der Waals surface area contributed by atoms with E-state index in [1.807, 2.05) is 27.7 Å². The minimum absolute atomic E-state index is 0.00329. The average molecular weight is 439 g/mol. The van der Waals surface area contributed by atoms with Crippen molar-refractivity contribution >= 4 is 6.16 Å². The Labute approximate surface area is 181 Å². The molecule has 0 fully saturated rings. The lowest BCUT2D eigenvalue weighted by Crippen LogP contribution is -2.30. The minimum Gasteiger partial charge on any atom is -0.429 e. The molecular formula is C21H42O9. The fraction of sp³-hybridized carbons (Fsp3) is 0.952. The van der Waals surface area contributed by atoms with E-state index in [0.717, 1.165) is 0 Å². The fourth-order valence-electron chi connectivity index (χ4n) is 2.29. The maximum atomic E-state index is 11.9. The summed E-state index contributed by atoms with van der Waals surface area (Å²) >= 11 is 0. The van der Waals surface area contributed by atoms with Crippen LogP contribution < -0.4 is 0 Å². The van der Waals surface area contributed by atoms with Gasteiger partial charge < -0.3 is 37.9 Å². The van der Waals surface area contributed by atoms with Crippen molar-refractivity contribution in [3.63, 3.8) is 0 Å². The normalized spacial score (nSPS) is 17.6. The molecule has 6 atom stereocenters. The Bertz CT molecular complexity index is 385. The second-order valence-corrected chi connectivity index (χ2v) is 7.59. The summed E-state index contributed by atoms with van der Waals surface area (Å²) in [5.74, 6) is 0. The van der Waals surface area contributed by atoms with Crippen molar-refractivity contribution in [3.05, 3.63) is 0 Å². The van der Waals surface area contributed by atoms with Crippen molar-refractivity contribution in [3.8, 4) is 0 Å². The molecule has 0 N–H and O–H groups in total. The van der Waals surface area contributed by atoms with Crippen LogP contribution in [0.25, 0.3) is 0 Å². The van der Waals surface area contributed by atoms with Gasteiger partial charge in [0.05, 0.1) is 64.1 Å². The van der Waals surface area contributed by atoms with E-state index in [0.29, 0.717) is 26.4 Å². The van der Waals surface area contributed by atoms with Crippen molar-refractivity contribution < 1.29 is 42.7 Å². The molecule has 0 spiro atoms. The van der Waals surface area contributed by atoms with Gasteiger partial charge >= 0.3 is 6.16 Å². The predicted molar refractivity (Wildman–Crippen MR) is 112 cm³/mol. The Kier molecular flexibility index (Phi) is 17.1. The van der Waals surface area contributed by atoms with Crippen LogP contribution >= 0.6 is 0 Å². The zero-order valence-corrected chi connectivity index (χ0v) is 19.9. The summed E-state index contributed by atoms with van der Waals surface area (Å²) in [6.45, 7) is 13.5. The number of ether oxygens (including phenoxy) is 8. The molecule has 0 aromatic rings. The molecule has 30 heavy (non-hydrogen) atoms. The zero-order chi connectivity index (χ0) is 22.9. The third-order valence-corrected chi connectivity index (χ3v) is 3.86. The molecule has 0 aromatic heterocycles. The Morgan fingerprint density at radius 1 is 0.500 bits per heavy atom. The lowest BCUT2D eigenvalue weighted by atomic mass is 10.4. The number of hydrogen-bond acceptors (Lipinski definition) is 9. The smallest absolute Gasteiger partial charge is 0.429 e. The molecule has 0 saturated heterocycles. The molecule has 9 nitrogen and oxygen atoms in total. The van der Waals surface area contributed by atoms with Crippen molar-refractivity contribution in [1.82, 2.24) is 0 Å². The average Bonchev–Trinajstić information content (AvgIpc) is 2.68. The van der Waals surface area contributed by atoms with Crippen LogP contribution in [-0.2, 0) is 37.9 Å². The molecule has 0 aliphatic carbocycles. The van der Waals surface area contributed by atoms with E-state index < -0.39 is 18.4 Å². The van der Waals surface area contributed by atoms with E-state index in [-0.39, 0.29) is 37.6 Å². The quantitative estimate of drug-likeness (QED) is 0.300. The summed E-state index contributed by atoms with van der Waals surface area (Å²) in [7, 11) is 3.26. The van der Waals surface area contributed by atoms with Crippen molar-refractivity contribution in [2.75, 3.05) is 53.9 Å². The standard InChI is InChI=1S/C21H42O9/c1-15(9-23-7)25-11-17(3)27-13-19(5)29-21(22)30-20(6)14-28-18(4)12-26-16(2)10-24-8/h15-20H,9-14H2,1-8H3. The Morgan fingerprint density at radius 2 is 0.767 bits per heavy atom. The molecular weight excluding hydrogens is 396 g/mol. The molecule has 0 aliphatic heterocycles. The van der Waals surface area contributed by atoms with Gasteiger partial charge in [-0.2, -0.15) is 0 Å². The lowest BCUT2D eigenvalue weighted by Gasteiger charge is -2.21. The second kappa shape index (κ2) is 17.7. The molecule has 0 aliphatic rings. The molecule has 0 bridgehead atoms. The molecule has 0 heterocycles. The monoisotopic (exact) mass is 438 g/mol. The van der Waals surface area contributed by atoms with Crippen LogP contribution in [0, 0.1) is 0 Å². The highest BCUT2D eigenvalue weighted by molar-refractivity contribution is 5.60. The minimum atomic E-state index is -0.752. The maximum absolute atomic E-state index is 11.9. The largest absolute Gasteiger partial charge is 0.508 e. The van der Waals surface area contributed by atoms with Crippen LogP contribution in [0.5, 0.6) is 0 Å². The van der Waals surface area contributed by atoms with Gasteiger partial charge in [-0.25, -0.2) is 4.79 Å². The fourth-order valence-corrected chi connectivity index (χ4v) is 2.29. The van der Waals surface area contributed by atoms with Crippen molar-refractivity contribution in [2.24, 2.45) is 0 Å². The third kappa shape index (κ3) is 16.8. The van der Waals surface area contributed by atoms with Crippen LogP contribution in [0.4, 0.5) is 4.79 Å². The Balaban J connectivity index is 3.91. The van der Waals surface area contributed by atoms with Crippen LogP contribution in [-0.4, -0.2) is 96.6 Å². The first-order valence-electron chi connectivity index (χ1n) is 10.5. The van der Waals surface area contributed by atoms with E-state index in [1.54, 1.807) is 28.1 Å². The van der Waals surface area contributed by atoms with Crippen molar-refractivity contribution in [2.45, 2.75) is 78.2 Å². The van der Waals surface area contributed by atoms with E-state index in [2.05, 4.69) is 0 Å². The summed E-state index contributed by atoms with van der Waals surface area (Å²) in [6, 6.07) is 0. The summed E-state index contributed by atoms with van der Waals surface area (Å²) in [6.07, 6.45) is -1.91. The van der Waals surface area contributed by atoms with Gasteiger partial charge in [-0.15, -0.1) is 0 Å². The van der Waals surface area contributed by atoms with Crippen LogP contribution in [0.15, 0.2) is 0 Å². The molecule has 180 valence electrons. The van der Waals surface area contributed by atoms with E-state index in [1.165, 1.54) is 0 Å². The first kappa shape index (κ1) is 29.0. The van der Waals surface area contributed by atoms with Gasteiger partial charge in [-0.1, -0.05) is 0 Å². The van der Waals surface area contributed by atoms with Crippen molar-refractivity contribution in [1.29, 1.82) is 0 Å². The first-order valence-corrected chi connectivity index (χ1v) is 10.5. The maximum Gasteiger partial charge on any atom is 0.508 e. The lowest BCUT2D eigenvalue weighted by molar-refractivity contribution is -0.0867. The highest BCUT2D eigenvalue weighted by atomic mass is 16.7. The molecule has 0 amide bonds. The SMILES string of the molecule is COCC(C)OCC(C)OCC(C)OC(=O)OC(C)COC(C)COC(C)COC. The molecule has 0 aromatic carbocycles. The Hall–Kier alpha value is -0.970. The van der Waals surface area contributed by atoms with Gasteiger partial charge in [0.25, 0.3) is 0 Å². The first-order chi connectivity index (χ1) is 14.2. The summed E-state index contributed by atoms with van der Waals surface area (Å²) in [5.41, 5.74) is 0. The zero-order valence-electron chi connectivity index (χ0n) is 19.9. The van der Waals surface area contributed by atoms with E-state index >= 15 is 0 Å². The van der Waals surface area contributed by atoms with E-state index in [4.69, 9.17) is 37.9 Å². The Morgan fingerprint density at radius 3 is 1.07 bits per heavy atom. The van der Waals surface area contributed by atoms with Crippen LogP contribution in [0.2, 0.25) is 0 Å². The molecule has 0 rings (SSSR count). The van der Waals surface area contributed by atoms with Gasteiger partial charge in [-0.3, -0.25) is 0 Å². The predicted octanol–water partition coefficient (Wildman–Crippen LogP) is 2.83. The summed E-state index contributed by atoms with van der Waals surface area (Å²) < 4.78 is 42.9. The van der Waals surface area contributed by atoms with Gasteiger partial charge in [0.2, 0.25) is 0 Å². The van der Waals surface area contributed by atoms with Crippen LogP contribution in [0.3, 0.4) is 0 Å². The van der Waals surface area contributed by atoms with E-state index in [9.17, 15) is 4.79 Å². The highest BCUT2D eigenvalue weighted by Gasteiger charge is 2.17. The number of rotatable bonds is 18. The van der Waals surface area contributed by atoms with Gasteiger partial charge in [-0.05, 0) is 41.5 Å². The number of hydrogen-bond donors (Lipinski definition) is 0. The van der Waals surface area contributed by atoms with Gasteiger partial charge in [0.1, 0.15) is 12.2 Å². The number of carbonyl (C=O) groups excluding carboxylic acids is 1. The van der Waals surface area contributed by atoms with Gasteiger partial charge in [0.15, 0.2) is 0 Å². The molecule has 6 unspecified atom stereocenters. The number of carbonyl (C=O) groups is 1. The van der Waals surface area contributed by atoms with Crippen LogP contribution in [0.1, 0.15) is 41.5 Å². The van der Waals surface area contributed by atoms with Gasteiger partial charge in [0, 0.05) is 14.2 Å². The molecule has 0 radical (unpaired) electrons. The third-order valence-electron chi connectivity index (χ3n) is 3.86.